The van der Waals surface area contributed by atoms with E-state index in [0.29, 0.717) is 17.8 Å². The lowest BCUT2D eigenvalue weighted by molar-refractivity contribution is -0.156. The van der Waals surface area contributed by atoms with E-state index in [4.69, 9.17) is 16.2 Å². The van der Waals surface area contributed by atoms with Crippen LogP contribution in [0.5, 0.6) is 0 Å². The molecule has 4 amide bonds. The number of benzene rings is 2. The number of nitrogens with zero attached hydrogens (tertiary/aromatic N) is 2. The summed E-state index contributed by atoms with van der Waals surface area (Å²) in [6, 6.07) is 10.9. The number of halogens is 2. The molecule has 0 bridgehead atoms. The number of nitrogens with one attached hydrogen (secondary N) is 2. The maximum Gasteiger partial charge on any atom is 0.308 e. The van der Waals surface area contributed by atoms with Gasteiger partial charge in [-0.05, 0) is 62.4 Å². The Bertz CT molecular complexity index is 1790. The predicted octanol–water partition coefficient (Wildman–Crippen LogP) is 3.32. The van der Waals surface area contributed by atoms with Gasteiger partial charge in [0, 0.05) is 42.7 Å². The molecule has 0 aliphatic rings. The quantitative estimate of drug-likeness (QED) is 0.102. The minimum Gasteiger partial charge on any atom is -0.460 e. The van der Waals surface area contributed by atoms with Crippen molar-refractivity contribution in [2.75, 3.05) is 19.7 Å². The molecule has 0 saturated carbocycles. The van der Waals surface area contributed by atoms with Crippen molar-refractivity contribution in [2.45, 2.75) is 91.1 Å². The molecule has 3 atom stereocenters. The topological polar surface area (TPSA) is 199 Å². The molecule has 0 unspecified atom stereocenters. The Kier molecular flexibility index (Phi) is 15.0. The number of carbonyl (C=O) groups excluding carboxylic acids is 5. The van der Waals surface area contributed by atoms with Gasteiger partial charge in [-0.3, -0.25) is 24.0 Å². The first-order valence-corrected chi connectivity index (χ1v) is 17.6. The number of hydrogen-bond donors (Lipinski definition) is 5. The van der Waals surface area contributed by atoms with E-state index in [1.807, 2.05) is 55.7 Å². The van der Waals surface area contributed by atoms with Crippen LogP contribution in [-0.4, -0.2) is 81.6 Å². The number of aliphatic hydroxyl groups is 1. The van der Waals surface area contributed by atoms with Gasteiger partial charge in [-0.15, -0.1) is 0 Å². The molecule has 294 valence electrons. The molecule has 0 spiro atoms. The van der Waals surface area contributed by atoms with E-state index in [2.05, 4.69) is 10.6 Å². The molecule has 0 aliphatic heterocycles. The van der Waals surface area contributed by atoms with Crippen molar-refractivity contribution in [2.24, 2.45) is 16.9 Å². The van der Waals surface area contributed by atoms with Crippen LogP contribution in [0.25, 0.3) is 11.1 Å². The largest absolute Gasteiger partial charge is 0.460 e. The van der Waals surface area contributed by atoms with Crippen LogP contribution in [0.3, 0.4) is 0 Å². The van der Waals surface area contributed by atoms with Crippen molar-refractivity contribution >= 4 is 29.6 Å². The summed E-state index contributed by atoms with van der Waals surface area (Å²) in [7, 11) is 0. The van der Waals surface area contributed by atoms with Crippen molar-refractivity contribution in [3.63, 3.8) is 0 Å². The third-order valence-corrected chi connectivity index (χ3v) is 8.29. The number of nitrogens with two attached hydrogens (primary N) is 2. The van der Waals surface area contributed by atoms with Crippen LogP contribution in [0, 0.1) is 17.0 Å². The number of aliphatic hydroxyl groups excluding tert-OH is 1. The summed E-state index contributed by atoms with van der Waals surface area (Å²) in [5, 5.41) is 15.1. The zero-order chi connectivity index (χ0) is 40.4. The molecule has 54 heavy (non-hydrogen) atoms. The third kappa shape index (κ3) is 12.8. The molecule has 1 heterocycles. The van der Waals surface area contributed by atoms with Crippen molar-refractivity contribution < 1.29 is 42.6 Å². The summed E-state index contributed by atoms with van der Waals surface area (Å²) >= 11 is 0. The fraction of sp³-hybridized carbons (Fsp3) is 0.462. The Balaban J connectivity index is 1.85. The average molecular weight is 755 g/mol. The zero-order valence-corrected chi connectivity index (χ0v) is 31.7. The Hall–Kier alpha value is -5.15. The minimum absolute atomic E-state index is 0.0230. The number of aromatic nitrogens is 1. The summed E-state index contributed by atoms with van der Waals surface area (Å²) in [4.78, 5) is 64.8. The normalized spacial score (nSPS) is 13.4. The van der Waals surface area contributed by atoms with Gasteiger partial charge in [0.25, 0.3) is 0 Å². The van der Waals surface area contributed by atoms with Gasteiger partial charge in [0.1, 0.15) is 29.9 Å². The molecule has 7 N–H and O–H groups in total. The predicted molar refractivity (Wildman–Crippen MR) is 198 cm³/mol. The van der Waals surface area contributed by atoms with Gasteiger partial charge in [0.05, 0.1) is 24.9 Å². The van der Waals surface area contributed by atoms with Crippen LogP contribution in [0.15, 0.2) is 60.8 Å². The molecular weight excluding hydrogens is 702 g/mol. The molecule has 2 aromatic carbocycles. The smallest absolute Gasteiger partial charge is 0.308 e. The van der Waals surface area contributed by atoms with Gasteiger partial charge in [-0.1, -0.05) is 51.1 Å². The summed E-state index contributed by atoms with van der Waals surface area (Å²) in [6.07, 6.45) is 0.854. The van der Waals surface area contributed by atoms with E-state index >= 15 is 4.39 Å². The molecule has 1 aromatic heterocycles. The van der Waals surface area contributed by atoms with E-state index in [1.54, 1.807) is 33.0 Å². The Labute approximate surface area is 314 Å². The maximum absolute atomic E-state index is 15.0. The van der Waals surface area contributed by atoms with Crippen LogP contribution in [0.4, 0.5) is 8.78 Å². The average Bonchev–Trinajstić information content (AvgIpc) is 3.47. The van der Waals surface area contributed by atoms with Gasteiger partial charge >= 0.3 is 5.97 Å². The number of rotatable bonds is 17. The van der Waals surface area contributed by atoms with Crippen LogP contribution in [0.1, 0.15) is 78.1 Å². The minimum atomic E-state index is -1.40. The molecular formula is C39H52F2N6O7. The van der Waals surface area contributed by atoms with E-state index in [0.717, 1.165) is 23.8 Å². The molecule has 0 radical (unpaired) electrons. The van der Waals surface area contributed by atoms with Gasteiger partial charge in [0.2, 0.25) is 23.6 Å². The molecule has 0 saturated heterocycles. The van der Waals surface area contributed by atoms with Crippen LogP contribution in [0.2, 0.25) is 0 Å². The van der Waals surface area contributed by atoms with Crippen LogP contribution >= 0.6 is 0 Å². The van der Waals surface area contributed by atoms with Crippen LogP contribution in [-0.2, 0) is 35.3 Å². The first-order valence-electron chi connectivity index (χ1n) is 17.6. The number of amides is 4. The Morgan fingerprint density at radius 3 is 2.20 bits per heavy atom. The van der Waals surface area contributed by atoms with Crippen molar-refractivity contribution in [1.82, 2.24) is 20.1 Å². The monoisotopic (exact) mass is 754 g/mol. The zero-order valence-electron chi connectivity index (χ0n) is 31.7. The highest BCUT2D eigenvalue weighted by atomic mass is 19.1. The maximum atomic E-state index is 15.0. The molecule has 13 nitrogen and oxygen atoms in total. The van der Waals surface area contributed by atoms with E-state index < -0.39 is 89.8 Å². The van der Waals surface area contributed by atoms with Gasteiger partial charge < -0.3 is 41.4 Å². The van der Waals surface area contributed by atoms with Crippen LogP contribution < -0.4 is 22.1 Å². The first kappa shape index (κ1) is 43.3. The fourth-order valence-corrected chi connectivity index (χ4v) is 6.03. The third-order valence-electron chi connectivity index (χ3n) is 8.29. The van der Waals surface area contributed by atoms with E-state index in [1.165, 1.54) is 4.90 Å². The standard InChI is InChI=1S/C39H52F2N6O7/c1-38(2,3)35(31-17-25(27-18-26(40)13-14-28(27)41)22-46(31)21-24-11-8-7-9-12-24)47(33(50)23-48)16-10-15-44-37(53)30(20-32(43)49)45-36(52)29(42)19-34(51)54-39(4,5)6/h7-9,11-14,17-18,22,29-30,35,48H,10,15-16,19-21,23,42H2,1-6H3,(H2,43,49)(H,44,53)(H,45,52)/t29-,30+,35+/m1/s1. The van der Waals surface area contributed by atoms with E-state index in [9.17, 15) is 33.5 Å². The second kappa shape index (κ2) is 18.7. The second-order valence-corrected chi connectivity index (χ2v) is 15.2. The van der Waals surface area contributed by atoms with Gasteiger partial charge in [-0.2, -0.15) is 0 Å². The molecule has 0 aliphatic carbocycles. The first-order chi connectivity index (χ1) is 25.2. The fourth-order valence-electron chi connectivity index (χ4n) is 6.03. The number of esters is 1. The highest BCUT2D eigenvalue weighted by molar-refractivity contribution is 5.94. The van der Waals surface area contributed by atoms with Gasteiger partial charge in [0.15, 0.2) is 0 Å². The SMILES string of the molecule is CC(C)(C)OC(=O)C[C@@H](N)C(=O)N[C@@H](CC(N)=O)C(=O)NCCCN(C(=O)CO)[C@@H](c1cc(-c2cc(F)ccc2F)cn1Cc1ccccc1)C(C)(C)C. The number of ether oxygens (including phenoxy) is 1. The molecule has 3 rings (SSSR count). The molecule has 0 fully saturated rings. The molecule has 3 aromatic rings. The lowest BCUT2D eigenvalue weighted by Gasteiger charge is -2.41. The summed E-state index contributed by atoms with van der Waals surface area (Å²) in [6.45, 7) is 10.2. The van der Waals surface area contributed by atoms with Crippen molar-refractivity contribution in [1.29, 1.82) is 0 Å². The Morgan fingerprint density at radius 1 is 0.944 bits per heavy atom. The summed E-state index contributed by atoms with van der Waals surface area (Å²) in [5.41, 5.74) is 11.7. The molecule has 15 heteroatoms. The lowest BCUT2D eigenvalue weighted by atomic mass is 9.83. The van der Waals surface area contributed by atoms with Gasteiger partial charge in [-0.25, -0.2) is 8.78 Å². The Morgan fingerprint density at radius 2 is 1.61 bits per heavy atom. The number of primary amides is 1. The van der Waals surface area contributed by atoms with Crippen molar-refractivity contribution in [3.05, 3.63) is 83.7 Å². The highest BCUT2D eigenvalue weighted by Crippen LogP contribution is 2.41. The second-order valence-electron chi connectivity index (χ2n) is 15.2. The summed E-state index contributed by atoms with van der Waals surface area (Å²) in [5.74, 6) is -5.06. The van der Waals surface area contributed by atoms with Crippen molar-refractivity contribution in [3.8, 4) is 11.1 Å². The summed E-state index contributed by atoms with van der Waals surface area (Å²) < 4.78 is 36.4. The lowest BCUT2D eigenvalue weighted by Crippen LogP contribution is -2.53. The number of carbonyl (C=O) groups is 5. The number of hydrogen-bond acceptors (Lipinski definition) is 8. The van der Waals surface area contributed by atoms with E-state index in [-0.39, 0.29) is 25.1 Å². The highest BCUT2D eigenvalue weighted by Gasteiger charge is 2.37.